The molecular weight excluding hydrogens is 511 g/mol. The van der Waals surface area contributed by atoms with Crippen LogP contribution in [0.4, 0.5) is 10.7 Å². The van der Waals surface area contributed by atoms with Crippen LogP contribution in [0.15, 0.2) is 42.5 Å². The van der Waals surface area contributed by atoms with Gasteiger partial charge in [0.1, 0.15) is 10.8 Å². The Labute approximate surface area is 208 Å². The predicted octanol–water partition coefficient (Wildman–Crippen LogP) is 6.07. The molecule has 1 heterocycles. The first-order valence-corrected chi connectivity index (χ1v) is 11.3. The summed E-state index contributed by atoms with van der Waals surface area (Å²) >= 11 is 18.8. The second-order valence-corrected chi connectivity index (χ2v) is 8.92. The zero-order chi connectivity index (χ0) is 24.1. The first-order valence-electron chi connectivity index (χ1n) is 9.36. The third-order valence-corrected chi connectivity index (χ3v) is 6.38. The van der Waals surface area contributed by atoms with Gasteiger partial charge in [0, 0.05) is 10.0 Å². The molecule has 0 radical (unpaired) electrons. The topological polar surface area (TPSA) is 93.7 Å². The smallest absolute Gasteiger partial charge is 0.341 e. The number of amides is 2. The normalized spacial score (nSPS) is 10.5. The molecule has 0 atom stereocenters. The number of carbonyl (C=O) groups is 3. The lowest BCUT2D eigenvalue weighted by atomic mass is 10.1. The zero-order valence-electron chi connectivity index (χ0n) is 17.3. The zero-order valence-corrected chi connectivity index (χ0v) is 20.4. The van der Waals surface area contributed by atoms with Crippen LogP contribution < -0.4 is 15.4 Å². The summed E-state index contributed by atoms with van der Waals surface area (Å²) in [6, 6.07) is 11.1. The minimum atomic E-state index is -0.697. The summed E-state index contributed by atoms with van der Waals surface area (Å²) in [5.41, 5.74) is 0.727. The van der Waals surface area contributed by atoms with Gasteiger partial charge in [-0.25, -0.2) is 4.79 Å². The van der Waals surface area contributed by atoms with E-state index in [1.807, 2.05) is 0 Å². The van der Waals surface area contributed by atoms with Crippen molar-refractivity contribution < 1.29 is 23.9 Å². The average molecular weight is 528 g/mol. The maximum Gasteiger partial charge on any atom is 0.341 e. The van der Waals surface area contributed by atoms with Gasteiger partial charge in [-0.05, 0) is 55.0 Å². The largest absolute Gasteiger partial charge is 0.484 e. The Morgan fingerprint density at radius 2 is 1.64 bits per heavy atom. The van der Waals surface area contributed by atoms with Crippen LogP contribution in [-0.2, 0) is 9.53 Å². The highest BCUT2D eigenvalue weighted by atomic mass is 35.5. The number of thiophene rings is 1. The van der Waals surface area contributed by atoms with Crippen molar-refractivity contribution >= 4 is 74.6 Å². The Hall–Kier alpha value is -2.78. The lowest BCUT2D eigenvalue weighted by Crippen LogP contribution is -2.21. The van der Waals surface area contributed by atoms with Gasteiger partial charge in [-0.2, -0.15) is 0 Å². The fraction of sp³-hybridized carbons (Fsp3) is 0.136. The number of methoxy groups -OCH3 is 1. The van der Waals surface area contributed by atoms with Crippen molar-refractivity contribution in [2.45, 2.75) is 6.92 Å². The summed E-state index contributed by atoms with van der Waals surface area (Å²) in [6.07, 6.45) is 0. The van der Waals surface area contributed by atoms with Gasteiger partial charge in [0.05, 0.1) is 28.3 Å². The molecule has 0 saturated carbocycles. The molecule has 0 spiro atoms. The fourth-order valence-corrected chi connectivity index (χ4v) is 4.35. The van der Waals surface area contributed by atoms with Gasteiger partial charge in [-0.3, -0.25) is 9.59 Å². The summed E-state index contributed by atoms with van der Waals surface area (Å²) in [5.74, 6) is -1.30. The van der Waals surface area contributed by atoms with E-state index < -0.39 is 17.8 Å². The highest BCUT2D eigenvalue weighted by Gasteiger charge is 2.26. The van der Waals surface area contributed by atoms with Crippen molar-refractivity contribution in [2.75, 3.05) is 24.4 Å². The molecular formula is C22H17Cl3N2O5S. The van der Waals surface area contributed by atoms with Crippen LogP contribution in [0.1, 0.15) is 25.6 Å². The van der Waals surface area contributed by atoms with E-state index in [9.17, 15) is 14.4 Å². The van der Waals surface area contributed by atoms with Crippen LogP contribution in [0, 0.1) is 6.92 Å². The highest BCUT2D eigenvalue weighted by molar-refractivity contribution is 7.19. The van der Waals surface area contributed by atoms with Crippen LogP contribution >= 0.6 is 46.1 Å². The standard InChI is InChI=1S/C22H17Cl3N2O5S/c1-11-18(22(30)31-2)21(27-17(28)10-32-14-6-3-12(23)4-7-14)33-19(11)20(29)26-16-9-13(24)5-8-15(16)25/h3-9H,10H2,1-2H3,(H,26,29)(H,27,28). The fourth-order valence-electron chi connectivity index (χ4n) is 2.78. The minimum absolute atomic E-state index is 0.0738. The van der Waals surface area contributed by atoms with E-state index in [0.717, 1.165) is 11.3 Å². The molecule has 172 valence electrons. The van der Waals surface area contributed by atoms with E-state index in [0.29, 0.717) is 32.1 Å². The van der Waals surface area contributed by atoms with E-state index in [-0.39, 0.29) is 22.0 Å². The third-order valence-electron chi connectivity index (χ3n) is 4.36. The Bertz CT molecular complexity index is 1210. The Kier molecular flexibility index (Phi) is 8.20. The number of esters is 1. The molecule has 0 bridgehead atoms. The molecule has 2 N–H and O–H groups in total. The van der Waals surface area contributed by atoms with Crippen molar-refractivity contribution in [3.05, 3.63) is 73.5 Å². The molecule has 2 amide bonds. The Morgan fingerprint density at radius 3 is 2.30 bits per heavy atom. The van der Waals surface area contributed by atoms with E-state index in [4.69, 9.17) is 44.3 Å². The van der Waals surface area contributed by atoms with Gasteiger partial charge >= 0.3 is 5.97 Å². The van der Waals surface area contributed by atoms with E-state index >= 15 is 0 Å². The molecule has 0 saturated heterocycles. The second kappa shape index (κ2) is 10.9. The lowest BCUT2D eigenvalue weighted by molar-refractivity contribution is -0.118. The average Bonchev–Trinajstić information content (AvgIpc) is 3.11. The van der Waals surface area contributed by atoms with Crippen molar-refractivity contribution in [3.8, 4) is 5.75 Å². The molecule has 0 aliphatic heterocycles. The Morgan fingerprint density at radius 1 is 0.970 bits per heavy atom. The summed E-state index contributed by atoms with van der Waals surface area (Å²) in [6.45, 7) is 1.26. The summed E-state index contributed by atoms with van der Waals surface area (Å²) in [7, 11) is 1.21. The van der Waals surface area contributed by atoms with Gasteiger partial charge in [-0.15, -0.1) is 11.3 Å². The number of halogens is 3. The highest BCUT2D eigenvalue weighted by Crippen LogP contribution is 2.35. The lowest BCUT2D eigenvalue weighted by Gasteiger charge is -2.08. The minimum Gasteiger partial charge on any atom is -0.484 e. The van der Waals surface area contributed by atoms with Gasteiger partial charge < -0.3 is 20.1 Å². The molecule has 0 fully saturated rings. The molecule has 3 aromatic rings. The SMILES string of the molecule is COC(=O)c1c(NC(=O)COc2ccc(Cl)cc2)sc(C(=O)Nc2cc(Cl)ccc2Cl)c1C. The summed E-state index contributed by atoms with van der Waals surface area (Å²) in [4.78, 5) is 37.9. The first kappa shape index (κ1) is 24.9. The van der Waals surface area contributed by atoms with Crippen molar-refractivity contribution in [2.24, 2.45) is 0 Å². The van der Waals surface area contributed by atoms with Crippen molar-refractivity contribution in [1.82, 2.24) is 0 Å². The molecule has 0 aliphatic carbocycles. The van der Waals surface area contributed by atoms with E-state index in [1.165, 1.54) is 13.2 Å². The third kappa shape index (κ3) is 6.17. The number of rotatable bonds is 7. The molecule has 2 aromatic carbocycles. The molecule has 7 nitrogen and oxygen atoms in total. The van der Waals surface area contributed by atoms with Crippen molar-refractivity contribution in [1.29, 1.82) is 0 Å². The second-order valence-electron chi connectivity index (χ2n) is 6.62. The van der Waals surface area contributed by atoms with Crippen LogP contribution in [-0.4, -0.2) is 31.5 Å². The molecule has 1 aromatic heterocycles. The van der Waals surface area contributed by atoms with Gasteiger partial charge in [0.25, 0.3) is 11.8 Å². The summed E-state index contributed by atoms with van der Waals surface area (Å²) < 4.78 is 10.2. The van der Waals surface area contributed by atoms with Gasteiger partial charge in [0.2, 0.25) is 0 Å². The molecule has 3 rings (SSSR count). The van der Waals surface area contributed by atoms with E-state index in [1.54, 1.807) is 43.3 Å². The summed E-state index contributed by atoms with van der Waals surface area (Å²) in [5, 5.41) is 6.65. The van der Waals surface area contributed by atoms with Gasteiger partial charge in [0.15, 0.2) is 6.61 Å². The number of hydrogen-bond acceptors (Lipinski definition) is 6. The van der Waals surface area contributed by atoms with Crippen LogP contribution in [0.5, 0.6) is 5.75 Å². The quantitative estimate of drug-likeness (QED) is 0.364. The van der Waals surface area contributed by atoms with Gasteiger partial charge in [-0.1, -0.05) is 34.8 Å². The number of benzene rings is 2. The maximum absolute atomic E-state index is 12.9. The number of nitrogens with one attached hydrogen (secondary N) is 2. The van der Waals surface area contributed by atoms with E-state index in [2.05, 4.69) is 10.6 Å². The maximum atomic E-state index is 12.9. The number of anilines is 2. The van der Waals surface area contributed by atoms with Crippen LogP contribution in [0.3, 0.4) is 0 Å². The van der Waals surface area contributed by atoms with Crippen molar-refractivity contribution in [3.63, 3.8) is 0 Å². The molecule has 0 aliphatic rings. The number of hydrogen-bond donors (Lipinski definition) is 2. The Balaban J connectivity index is 1.80. The number of ether oxygens (including phenoxy) is 2. The first-order chi connectivity index (χ1) is 15.7. The molecule has 33 heavy (non-hydrogen) atoms. The predicted molar refractivity (Wildman–Crippen MR) is 130 cm³/mol. The van der Waals surface area contributed by atoms with Crippen LogP contribution in [0.2, 0.25) is 15.1 Å². The van der Waals surface area contributed by atoms with Crippen LogP contribution in [0.25, 0.3) is 0 Å². The number of carbonyl (C=O) groups excluding carboxylic acids is 3. The monoisotopic (exact) mass is 526 g/mol. The molecule has 11 heteroatoms. The molecule has 0 unspecified atom stereocenters.